The van der Waals surface area contributed by atoms with Gasteiger partial charge in [0.15, 0.2) is 0 Å². The number of hydrogen-bond acceptors (Lipinski definition) is 4. The SMILES string of the molecule is COc1cccc(-c2cc3c(=O)n(C[C@H](O)c4ccc(Cl)cc4)ccn3n2)c1. The summed E-state index contributed by atoms with van der Waals surface area (Å²) in [5.41, 5.74) is 2.43. The normalized spacial score (nSPS) is 12.2. The number of methoxy groups -OCH3 is 1. The zero-order chi connectivity index (χ0) is 19.7. The van der Waals surface area contributed by atoms with E-state index in [4.69, 9.17) is 16.3 Å². The number of hydrogen-bond donors (Lipinski definition) is 1. The Morgan fingerprint density at radius 1 is 1.14 bits per heavy atom. The molecule has 0 radical (unpaired) electrons. The van der Waals surface area contributed by atoms with Crippen molar-refractivity contribution < 1.29 is 9.84 Å². The zero-order valence-electron chi connectivity index (χ0n) is 15.1. The lowest BCUT2D eigenvalue weighted by Gasteiger charge is -2.13. The van der Waals surface area contributed by atoms with Crippen molar-refractivity contribution in [2.45, 2.75) is 12.6 Å². The Bertz CT molecular complexity index is 1180. The van der Waals surface area contributed by atoms with Crippen LogP contribution in [0.2, 0.25) is 5.02 Å². The summed E-state index contributed by atoms with van der Waals surface area (Å²) in [4.78, 5) is 12.9. The van der Waals surface area contributed by atoms with Crippen LogP contribution in [-0.4, -0.2) is 26.4 Å². The lowest BCUT2D eigenvalue weighted by molar-refractivity contribution is 0.155. The molecule has 4 rings (SSSR count). The Kier molecular flexibility index (Phi) is 4.90. The molecule has 2 heterocycles. The molecule has 2 aromatic carbocycles. The highest BCUT2D eigenvalue weighted by atomic mass is 35.5. The molecule has 0 amide bonds. The van der Waals surface area contributed by atoms with E-state index in [-0.39, 0.29) is 12.1 Å². The average Bonchev–Trinajstić information content (AvgIpc) is 3.16. The number of fused-ring (bicyclic) bond motifs is 1. The van der Waals surface area contributed by atoms with Crippen LogP contribution in [-0.2, 0) is 6.54 Å². The van der Waals surface area contributed by atoms with Gasteiger partial charge in [0.2, 0.25) is 0 Å². The second kappa shape index (κ2) is 7.50. The first-order valence-corrected chi connectivity index (χ1v) is 9.10. The molecule has 4 aromatic rings. The Balaban J connectivity index is 1.67. The van der Waals surface area contributed by atoms with Gasteiger partial charge in [-0.25, -0.2) is 4.52 Å². The molecule has 0 aliphatic carbocycles. The summed E-state index contributed by atoms with van der Waals surface area (Å²) in [5, 5.41) is 15.5. The number of nitrogens with zero attached hydrogens (tertiary/aromatic N) is 3. The molecule has 1 N–H and O–H groups in total. The van der Waals surface area contributed by atoms with E-state index in [1.165, 1.54) is 4.57 Å². The van der Waals surface area contributed by atoms with E-state index in [2.05, 4.69) is 5.10 Å². The maximum Gasteiger partial charge on any atom is 0.276 e. The molecule has 142 valence electrons. The van der Waals surface area contributed by atoms with Crippen molar-refractivity contribution in [3.63, 3.8) is 0 Å². The van der Waals surface area contributed by atoms with Gasteiger partial charge in [-0.3, -0.25) is 4.79 Å². The number of benzene rings is 2. The fourth-order valence-electron chi connectivity index (χ4n) is 3.07. The maximum atomic E-state index is 12.9. The average molecular weight is 396 g/mol. The van der Waals surface area contributed by atoms with E-state index < -0.39 is 6.10 Å². The van der Waals surface area contributed by atoms with Gasteiger partial charge in [0, 0.05) is 23.0 Å². The topological polar surface area (TPSA) is 68.8 Å². The molecule has 0 saturated heterocycles. The van der Waals surface area contributed by atoms with Crippen LogP contribution in [0.15, 0.2) is 71.8 Å². The zero-order valence-corrected chi connectivity index (χ0v) is 15.9. The molecule has 1 atom stereocenters. The van der Waals surface area contributed by atoms with Crippen molar-refractivity contribution in [1.29, 1.82) is 0 Å². The van der Waals surface area contributed by atoms with Gasteiger partial charge in [0.05, 0.1) is 25.5 Å². The van der Waals surface area contributed by atoms with Crippen LogP contribution >= 0.6 is 11.6 Å². The highest BCUT2D eigenvalue weighted by molar-refractivity contribution is 6.30. The van der Waals surface area contributed by atoms with Crippen LogP contribution in [0, 0.1) is 0 Å². The number of rotatable bonds is 5. The smallest absolute Gasteiger partial charge is 0.276 e. The first-order chi connectivity index (χ1) is 13.5. The largest absolute Gasteiger partial charge is 0.497 e. The minimum atomic E-state index is -0.821. The van der Waals surface area contributed by atoms with Gasteiger partial charge in [0.1, 0.15) is 11.3 Å². The van der Waals surface area contributed by atoms with E-state index >= 15 is 0 Å². The maximum absolute atomic E-state index is 12.9. The third-order valence-corrected chi connectivity index (χ3v) is 4.85. The van der Waals surface area contributed by atoms with E-state index in [0.717, 1.165) is 11.3 Å². The fourth-order valence-corrected chi connectivity index (χ4v) is 3.20. The van der Waals surface area contributed by atoms with Crippen molar-refractivity contribution in [2.75, 3.05) is 7.11 Å². The minimum Gasteiger partial charge on any atom is -0.497 e. The summed E-state index contributed by atoms with van der Waals surface area (Å²) in [6, 6.07) is 16.2. The van der Waals surface area contributed by atoms with E-state index in [0.29, 0.717) is 21.8 Å². The Hall–Kier alpha value is -3.09. The molecule has 0 bridgehead atoms. The second-order valence-electron chi connectivity index (χ2n) is 6.41. The Morgan fingerprint density at radius 3 is 2.68 bits per heavy atom. The molecule has 0 spiro atoms. The molecule has 0 aliphatic heterocycles. The van der Waals surface area contributed by atoms with E-state index in [1.54, 1.807) is 54.4 Å². The predicted octanol–water partition coefficient (Wildman–Crippen LogP) is 3.56. The Morgan fingerprint density at radius 2 is 1.93 bits per heavy atom. The number of aliphatic hydroxyl groups is 1. The quantitative estimate of drug-likeness (QED) is 0.561. The van der Waals surface area contributed by atoms with E-state index in [9.17, 15) is 9.90 Å². The van der Waals surface area contributed by atoms with Crippen LogP contribution in [0.1, 0.15) is 11.7 Å². The number of halogens is 1. The first-order valence-electron chi connectivity index (χ1n) is 8.72. The van der Waals surface area contributed by atoms with Crippen molar-refractivity contribution in [2.24, 2.45) is 0 Å². The number of aromatic nitrogens is 3. The van der Waals surface area contributed by atoms with Crippen molar-refractivity contribution in [3.05, 3.63) is 87.9 Å². The van der Waals surface area contributed by atoms with Crippen LogP contribution in [0.3, 0.4) is 0 Å². The Labute approximate surface area is 166 Å². The van der Waals surface area contributed by atoms with Gasteiger partial charge < -0.3 is 14.4 Å². The fraction of sp³-hybridized carbons (Fsp3) is 0.143. The molecule has 0 unspecified atom stereocenters. The molecule has 6 nitrogen and oxygen atoms in total. The third kappa shape index (κ3) is 3.52. The number of aliphatic hydroxyl groups excluding tert-OH is 1. The van der Waals surface area contributed by atoms with E-state index in [1.807, 2.05) is 24.3 Å². The number of ether oxygens (including phenoxy) is 1. The van der Waals surface area contributed by atoms with Gasteiger partial charge in [-0.2, -0.15) is 5.10 Å². The highest BCUT2D eigenvalue weighted by Gasteiger charge is 2.13. The molecule has 28 heavy (non-hydrogen) atoms. The van der Waals surface area contributed by atoms with Gasteiger partial charge >= 0.3 is 0 Å². The minimum absolute atomic E-state index is 0.136. The van der Waals surface area contributed by atoms with Gasteiger partial charge in [-0.1, -0.05) is 35.9 Å². The molecule has 2 aromatic heterocycles. The lowest BCUT2D eigenvalue weighted by Crippen LogP contribution is -2.24. The molecule has 0 saturated carbocycles. The monoisotopic (exact) mass is 395 g/mol. The molecular weight excluding hydrogens is 378 g/mol. The second-order valence-corrected chi connectivity index (χ2v) is 6.85. The standard InChI is InChI=1S/C21H18ClN3O3/c1-28-17-4-2-3-15(11-17)18-12-19-21(27)24(9-10-25(19)23-18)13-20(26)14-5-7-16(22)8-6-14/h2-12,20,26H,13H2,1H3/t20-/m0/s1. The van der Waals surface area contributed by atoms with Crippen molar-refractivity contribution >= 4 is 17.1 Å². The lowest BCUT2D eigenvalue weighted by atomic mass is 10.1. The highest BCUT2D eigenvalue weighted by Crippen LogP contribution is 2.23. The van der Waals surface area contributed by atoms with Crippen LogP contribution in [0.25, 0.3) is 16.8 Å². The molecule has 0 aliphatic rings. The van der Waals surface area contributed by atoms with Gasteiger partial charge in [-0.05, 0) is 35.9 Å². The summed E-state index contributed by atoms with van der Waals surface area (Å²) < 4.78 is 8.27. The molecule has 7 heteroatoms. The van der Waals surface area contributed by atoms with Gasteiger partial charge in [-0.15, -0.1) is 0 Å². The van der Waals surface area contributed by atoms with Crippen molar-refractivity contribution in [3.8, 4) is 17.0 Å². The summed E-state index contributed by atoms with van der Waals surface area (Å²) in [6.45, 7) is 0.136. The summed E-state index contributed by atoms with van der Waals surface area (Å²) in [6.07, 6.45) is 2.50. The summed E-state index contributed by atoms with van der Waals surface area (Å²) in [5.74, 6) is 0.720. The van der Waals surface area contributed by atoms with Crippen LogP contribution in [0.4, 0.5) is 0 Å². The van der Waals surface area contributed by atoms with Crippen LogP contribution in [0.5, 0.6) is 5.75 Å². The van der Waals surface area contributed by atoms with Gasteiger partial charge in [0.25, 0.3) is 5.56 Å². The molecular formula is C21H18ClN3O3. The molecule has 0 fully saturated rings. The summed E-state index contributed by atoms with van der Waals surface area (Å²) in [7, 11) is 1.60. The first kappa shape index (κ1) is 18.3. The predicted molar refractivity (Wildman–Crippen MR) is 108 cm³/mol. The van der Waals surface area contributed by atoms with Crippen molar-refractivity contribution in [1.82, 2.24) is 14.2 Å². The van der Waals surface area contributed by atoms with Crippen LogP contribution < -0.4 is 10.3 Å². The third-order valence-electron chi connectivity index (χ3n) is 4.59. The summed E-state index contributed by atoms with van der Waals surface area (Å²) >= 11 is 5.88.